The fourth-order valence-corrected chi connectivity index (χ4v) is 1.81. The van der Waals surface area contributed by atoms with Gasteiger partial charge >= 0.3 is 12.1 Å². The summed E-state index contributed by atoms with van der Waals surface area (Å²) in [6.45, 7) is 0.0718. The highest BCUT2D eigenvalue weighted by Gasteiger charge is 2.21. The minimum Gasteiger partial charge on any atom is -0.453 e. The third-order valence-electron chi connectivity index (χ3n) is 3.02. The molecule has 0 aliphatic heterocycles. The van der Waals surface area contributed by atoms with Gasteiger partial charge in [0, 0.05) is 6.54 Å². The number of aliphatic hydroxyl groups is 1. The fraction of sp³-hybridized carbons (Fsp3) is 0.429. The molecule has 24 heavy (non-hydrogen) atoms. The molecule has 0 spiro atoms. The summed E-state index contributed by atoms with van der Waals surface area (Å²) in [4.78, 5) is 38.2. The van der Waals surface area contributed by atoms with Crippen LogP contribution in [0.5, 0.6) is 0 Å². The Morgan fingerprint density at radius 1 is 1.38 bits per heavy atom. The van der Waals surface area contributed by atoms with Gasteiger partial charge in [0.2, 0.25) is 5.91 Å². The molecule has 10 nitrogen and oxygen atoms in total. The molecular weight excluding hydrogens is 318 g/mol. The molecule has 4 amide bonds. The zero-order valence-electron chi connectivity index (χ0n) is 13.2. The number of nitrogens with two attached hydrogens (primary N) is 1. The predicted molar refractivity (Wildman–Crippen MR) is 84.9 cm³/mol. The van der Waals surface area contributed by atoms with Crippen molar-refractivity contribution in [2.75, 3.05) is 19.0 Å². The second-order valence-electron chi connectivity index (χ2n) is 4.81. The highest BCUT2D eigenvalue weighted by Crippen LogP contribution is 2.08. The predicted octanol–water partition coefficient (Wildman–Crippen LogP) is -0.314. The Hall–Kier alpha value is -2.88. The zero-order chi connectivity index (χ0) is 17.9. The molecule has 1 aromatic heterocycles. The van der Waals surface area contributed by atoms with Gasteiger partial charge in [-0.05, 0) is 25.0 Å². The fourth-order valence-electron chi connectivity index (χ4n) is 1.81. The van der Waals surface area contributed by atoms with E-state index in [1.54, 1.807) is 12.1 Å². The first-order chi connectivity index (χ1) is 11.5. The molecule has 0 saturated heterocycles. The number of carbonyl (C=O) groups excluding carboxylic acids is 3. The zero-order valence-corrected chi connectivity index (χ0v) is 13.2. The van der Waals surface area contributed by atoms with Crippen molar-refractivity contribution in [3.8, 4) is 0 Å². The third-order valence-corrected chi connectivity index (χ3v) is 3.02. The van der Waals surface area contributed by atoms with Gasteiger partial charge in [-0.2, -0.15) is 0 Å². The van der Waals surface area contributed by atoms with Crippen molar-refractivity contribution in [3.63, 3.8) is 0 Å². The maximum absolute atomic E-state index is 12.3. The van der Waals surface area contributed by atoms with Crippen molar-refractivity contribution in [3.05, 3.63) is 24.0 Å². The highest BCUT2D eigenvalue weighted by atomic mass is 16.5. The number of amides is 4. The number of carbonyl (C=O) groups is 3. The monoisotopic (exact) mass is 339 g/mol. The van der Waals surface area contributed by atoms with Crippen LogP contribution >= 0.6 is 0 Å². The van der Waals surface area contributed by atoms with E-state index in [1.807, 2.05) is 0 Å². The summed E-state index contributed by atoms with van der Waals surface area (Å²) in [5, 5.41) is 16.4. The SMILES string of the molecule is COC(=O)N[C@@H](CCCNC(N)=O)C(=O)Nc1ccc(CO)nc1. The summed E-state index contributed by atoms with van der Waals surface area (Å²) in [6, 6.07) is 1.63. The summed E-state index contributed by atoms with van der Waals surface area (Å²) in [6.07, 6.45) is 1.34. The van der Waals surface area contributed by atoms with E-state index in [0.717, 1.165) is 0 Å². The number of rotatable bonds is 8. The second-order valence-corrected chi connectivity index (χ2v) is 4.81. The van der Waals surface area contributed by atoms with Gasteiger partial charge in [-0.1, -0.05) is 0 Å². The lowest BCUT2D eigenvalue weighted by molar-refractivity contribution is -0.118. The van der Waals surface area contributed by atoms with Crippen molar-refractivity contribution in [2.24, 2.45) is 5.73 Å². The normalized spacial score (nSPS) is 11.2. The lowest BCUT2D eigenvalue weighted by atomic mass is 10.1. The van der Waals surface area contributed by atoms with Crippen molar-refractivity contribution < 1.29 is 24.2 Å². The van der Waals surface area contributed by atoms with E-state index in [2.05, 4.69) is 25.7 Å². The van der Waals surface area contributed by atoms with Crippen molar-refractivity contribution in [1.82, 2.24) is 15.6 Å². The number of nitrogens with one attached hydrogen (secondary N) is 3. The molecule has 1 atom stereocenters. The van der Waals surface area contributed by atoms with Crippen LogP contribution < -0.4 is 21.7 Å². The standard InChI is InChI=1S/C14H21N5O5/c1-24-14(23)19-11(3-2-6-16-13(15)22)12(21)18-9-4-5-10(8-20)17-7-9/h4-5,7,11,20H,2-3,6,8H2,1H3,(H,18,21)(H,19,23)(H3,15,16,22)/t11-/m0/s1. The van der Waals surface area contributed by atoms with E-state index < -0.39 is 24.1 Å². The van der Waals surface area contributed by atoms with E-state index in [-0.39, 0.29) is 19.6 Å². The summed E-state index contributed by atoms with van der Waals surface area (Å²) in [7, 11) is 1.19. The lowest BCUT2D eigenvalue weighted by Gasteiger charge is -2.17. The number of nitrogens with zero attached hydrogens (tertiary/aromatic N) is 1. The quantitative estimate of drug-likeness (QED) is 0.409. The van der Waals surface area contributed by atoms with Gasteiger partial charge < -0.3 is 31.5 Å². The molecule has 1 heterocycles. The molecule has 6 N–H and O–H groups in total. The van der Waals surface area contributed by atoms with Crippen LogP contribution in [-0.2, 0) is 16.1 Å². The minimum atomic E-state index is -0.857. The number of ether oxygens (including phenoxy) is 1. The van der Waals surface area contributed by atoms with Crippen LogP contribution in [0.2, 0.25) is 0 Å². The number of hydrogen-bond donors (Lipinski definition) is 5. The molecule has 1 rings (SSSR count). The van der Waals surface area contributed by atoms with E-state index in [4.69, 9.17) is 10.8 Å². The Morgan fingerprint density at radius 3 is 2.67 bits per heavy atom. The molecule has 0 aliphatic carbocycles. The number of anilines is 1. The lowest BCUT2D eigenvalue weighted by Crippen LogP contribution is -2.44. The number of hydrogen-bond acceptors (Lipinski definition) is 6. The average molecular weight is 339 g/mol. The van der Waals surface area contributed by atoms with Crippen molar-refractivity contribution in [2.45, 2.75) is 25.5 Å². The van der Waals surface area contributed by atoms with Crippen molar-refractivity contribution >= 4 is 23.7 Å². The van der Waals surface area contributed by atoms with Crippen molar-refractivity contribution in [1.29, 1.82) is 0 Å². The first kappa shape index (κ1) is 19.2. The van der Waals surface area contributed by atoms with Crippen LogP contribution in [0.15, 0.2) is 18.3 Å². The molecule has 0 aromatic carbocycles. The van der Waals surface area contributed by atoms with Crippen LogP contribution in [0.1, 0.15) is 18.5 Å². The van der Waals surface area contributed by atoms with Crippen LogP contribution in [0.4, 0.5) is 15.3 Å². The number of alkyl carbamates (subject to hydrolysis) is 1. The Balaban J connectivity index is 2.63. The number of urea groups is 1. The van der Waals surface area contributed by atoms with Gasteiger partial charge in [-0.25, -0.2) is 9.59 Å². The Morgan fingerprint density at radius 2 is 2.12 bits per heavy atom. The topological polar surface area (TPSA) is 156 Å². The number of aliphatic hydroxyl groups excluding tert-OH is 1. The largest absolute Gasteiger partial charge is 0.453 e. The van der Waals surface area contributed by atoms with E-state index in [0.29, 0.717) is 17.8 Å². The highest BCUT2D eigenvalue weighted by molar-refractivity contribution is 5.96. The van der Waals surface area contributed by atoms with Gasteiger partial charge in [0.1, 0.15) is 6.04 Å². The minimum absolute atomic E-state index is 0.201. The molecule has 132 valence electrons. The third kappa shape index (κ3) is 6.92. The first-order valence-corrected chi connectivity index (χ1v) is 7.20. The Bertz CT molecular complexity index is 563. The Labute approximate surface area is 138 Å². The number of aromatic nitrogens is 1. The van der Waals surface area contributed by atoms with Gasteiger partial charge in [0.15, 0.2) is 0 Å². The molecule has 0 aliphatic rings. The van der Waals surface area contributed by atoms with Crippen LogP contribution in [0.25, 0.3) is 0 Å². The number of primary amides is 1. The maximum Gasteiger partial charge on any atom is 0.407 e. The summed E-state index contributed by atoms with van der Waals surface area (Å²) in [5.41, 5.74) is 5.84. The van der Waals surface area contributed by atoms with E-state index in [1.165, 1.54) is 13.3 Å². The summed E-state index contributed by atoms with van der Waals surface area (Å²) in [5.74, 6) is -0.460. The maximum atomic E-state index is 12.3. The molecule has 10 heteroatoms. The average Bonchev–Trinajstić information content (AvgIpc) is 2.57. The molecular formula is C14H21N5O5. The molecule has 0 bridgehead atoms. The van der Waals surface area contributed by atoms with Gasteiger partial charge in [0.05, 0.1) is 31.3 Å². The first-order valence-electron chi connectivity index (χ1n) is 7.20. The molecule has 1 aromatic rings. The molecule has 0 saturated carbocycles. The van der Waals surface area contributed by atoms with Gasteiger partial charge in [-0.3, -0.25) is 9.78 Å². The molecule has 0 radical (unpaired) electrons. The molecule has 0 unspecified atom stereocenters. The molecule has 0 fully saturated rings. The number of methoxy groups -OCH3 is 1. The Kier molecular flexibility index (Phi) is 7.99. The summed E-state index contributed by atoms with van der Waals surface area (Å²) < 4.78 is 4.50. The van der Waals surface area contributed by atoms with Gasteiger partial charge in [0.25, 0.3) is 0 Å². The van der Waals surface area contributed by atoms with Gasteiger partial charge in [-0.15, -0.1) is 0 Å². The van der Waals surface area contributed by atoms with E-state index in [9.17, 15) is 14.4 Å². The van der Waals surface area contributed by atoms with Crippen LogP contribution in [0, 0.1) is 0 Å². The smallest absolute Gasteiger partial charge is 0.407 e. The van der Waals surface area contributed by atoms with Crippen LogP contribution in [-0.4, -0.2) is 47.8 Å². The number of pyridine rings is 1. The second kappa shape index (κ2) is 10.0. The van der Waals surface area contributed by atoms with Crippen LogP contribution in [0.3, 0.4) is 0 Å². The summed E-state index contributed by atoms with van der Waals surface area (Å²) >= 11 is 0. The van der Waals surface area contributed by atoms with E-state index >= 15 is 0 Å².